The van der Waals surface area contributed by atoms with Crippen molar-refractivity contribution in [2.24, 2.45) is 5.73 Å². The number of pyridine rings is 2. The maximum Gasteiger partial charge on any atom is 0.410 e. The van der Waals surface area contributed by atoms with Crippen LogP contribution in [0.15, 0.2) is 36.7 Å². The molecule has 0 spiro atoms. The van der Waals surface area contributed by atoms with Gasteiger partial charge >= 0.3 is 6.09 Å². The Labute approximate surface area is 132 Å². The third-order valence-electron chi connectivity index (χ3n) is 3.28. The first-order valence-electron chi connectivity index (χ1n) is 6.69. The highest BCUT2D eigenvalue weighted by Gasteiger charge is 2.33. The second kappa shape index (κ2) is 6.23. The Morgan fingerprint density at radius 1 is 1.26 bits per heavy atom. The molecule has 0 aliphatic carbocycles. The molecule has 0 saturated heterocycles. The number of carbonyl (C=O) groups excluding carboxylic acids is 2. The van der Waals surface area contributed by atoms with E-state index in [0.717, 1.165) is 0 Å². The first-order chi connectivity index (χ1) is 10.8. The van der Waals surface area contributed by atoms with E-state index in [2.05, 4.69) is 14.7 Å². The minimum Gasteiger partial charge on any atom is -0.409 e. The summed E-state index contributed by atoms with van der Waals surface area (Å²) in [7, 11) is 0. The average molecular weight is 310 g/mol. The van der Waals surface area contributed by atoms with Gasteiger partial charge in [0.25, 0.3) is 0 Å². The minimum absolute atomic E-state index is 0.149. The molecule has 0 bridgehead atoms. The summed E-state index contributed by atoms with van der Waals surface area (Å²) in [5.74, 6) is -0.123. The number of ketones is 1. The van der Waals surface area contributed by atoms with Crippen molar-refractivity contribution in [1.82, 2.24) is 9.97 Å². The topological polar surface area (TPSA) is 119 Å². The van der Waals surface area contributed by atoms with Gasteiger partial charge in [-0.25, -0.2) is 9.78 Å². The summed E-state index contributed by atoms with van der Waals surface area (Å²) in [6, 6.07) is 8.03. The van der Waals surface area contributed by atoms with Gasteiger partial charge in [0.05, 0.1) is 28.9 Å². The predicted molar refractivity (Wildman–Crippen MR) is 80.8 cm³/mol. The van der Waals surface area contributed by atoms with Gasteiger partial charge in [-0.05, 0) is 38.1 Å². The lowest BCUT2D eigenvalue weighted by Crippen LogP contribution is -2.31. The number of hydrogen-bond acceptors (Lipinski definition) is 6. The molecular weight excluding hydrogens is 296 g/mol. The van der Waals surface area contributed by atoms with E-state index < -0.39 is 11.5 Å². The van der Waals surface area contributed by atoms with Crippen LogP contribution in [0.25, 0.3) is 0 Å². The van der Waals surface area contributed by atoms with Crippen LogP contribution in [-0.2, 0) is 5.41 Å². The monoisotopic (exact) mass is 310 g/mol. The van der Waals surface area contributed by atoms with Crippen LogP contribution in [0.1, 0.15) is 35.6 Å². The largest absolute Gasteiger partial charge is 0.410 e. The Morgan fingerprint density at radius 2 is 2.00 bits per heavy atom. The van der Waals surface area contributed by atoms with Gasteiger partial charge in [-0.1, -0.05) is 0 Å². The van der Waals surface area contributed by atoms with Gasteiger partial charge in [-0.3, -0.25) is 9.78 Å². The van der Waals surface area contributed by atoms with Crippen LogP contribution >= 0.6 is 0 Å². The van der Waals surface area contributed by atoms with E-state index in [9.17, 15) is 9.59 Å². The third-order valence-corrected chi connectivity index (χ3v) is 3.28. The number of Topliss-reactive ketones (excluding diaryl/α,β-unsaturated/α-hetero) is 1. The molecule has 23 heavy (non-hydrogen) atoms. The highest BCUT2D eigenvalue weighted by molar-refractivity contribution is 6.01. The molecule has 7 heteroatoms. The zero-order valence-corrected chi connectivity index (χ0v) is 12.6. The van der Waals surface area contributed by atoms with Crippen LogP contribution < -0.4 is 10.5 Å². The number of ether oxygens (including phenoxy) is 1. The van der Waals surface area contributed by atoms with Crippen LogP contribution in [0.3, 0.4) is 0 Å². The highest BCUT2D eigenvalue weighted by atomic mass is 16.5. The van der Waals surface area contributed by atoms with Crippen molar-refractivity contribution >= 4 is 11.9 Å². The van der Waals surface area contributed by atoms with Crippen molar-refractivity contribution in [2.45, 2.75) is 19.3 Å². The van der Waals surface area contributed by atoms with Crippen LogP contribution in [0.5, 0.6) is 5.75 Å². The van der Waals surface area contributed by atoms with Crippen LogP contribution in [0.4, 0.5) is 4.79 Å². The number of primary amides is 1. The summed E-state index contributed by atoms with van der Waals surface area (Å²) >= 11 is 0. The fourth-order valence-corrected chi connectivity index (χ4v) is 1.97. The number of nitriles is 1. The molecule has 2 aromatic rings. The maximum absolute atomic E-state index is 12.7. The third kappa shape index (κ3) is 3.49. The molecule has 1 amide bonds. The van der Waals surface area contributed by atoms with Crippen LogP contribution in [0, 0.1) is 11.3 Å². The summed E-state index contributed by atoms with van der Waals surface area (Å²) in [5, 5.41) is 8.96. The zero-order chi connectivity index (χ0) is 17.0. The van der Waals surface area contributed by atoms with Crippen molar-refractivity contribution in [3.63, 3.8) is 0 Å². The number of carbonyl (C=O) groups is 2. The molecule has 0 aliphatic rings. The van der Waals surface area contributed by atoms with Gasteiger partial charge in [0, 0.05) is 6.20 Å². The van der Waals surface area contributed by atoms with Crippen LogP contribution in [-0.4, -0.2) is 21.8 Å². The maximum atomic E-state index is 12.7. The van der Waals surface area contributed by atoms with E-state index in [1.54, 1.807) is 26.0 Å². The Balaban J connectivity index is 2.30. The summed E-state index contributed by atoms with van der Waals surface area (Å²) in [4.78, 5) is 31.5. The molecule has 7 nitrogen and oxygen atoms in total. The van der Waals surface area contributed by atoms with Crippen molar-refractivity contribution in [3.8, 4) is 11.8 Å². The van der Waals surface area contributed by atoms with Crippen molar-refractivity contribution in [3.05, 3.63) is 53.6 Å². The molecule has 0 aromatic carbocycles. The molecule has 0 aliphatic heterocycles. The lowest BCUT2D eigenvalue weighted by molar-refractivity contribution is 0.0900. The van der Waals surface area contributed by atoms with Crippen molar-refractivity contribution in [2.75, 3.05) is 0 Å². The molecule has 0 radical (unpaired) electrons. The van der Waals surface area contributed by atoms with Gasteiger partial charge in [0.2, 0.25) is 0 Å². The van der Waals surface area contributed by atoms with E-state index in [1.165, 1.54) is 24.5 Å². The summed E-state index contributed by atoms with van der Waals surface area (Å²) in [6.07, 6.45) is 1.77. The lowest BCUT2D eigenvalue weighted by Gasteiger charge is -2.22. The highest BCUT2D eigenvalue weighted by Crippen LogP contribution is 2.26. The first-order valence-corrected chi connectivity index (χ1v) is 6.69. The number of amides is 1. The van der Waals surface area contributed by atoms with Gasteiger partial charge in [0.1, 0.15) is 5.69 Å². The fourth-order valence-electron chi connectivity index (χ4n) is 1.97. The Morgan fingerprint density at radius 3 is 2.57 bits per heavy atom. The van der Waals surface area contributed by atoms with E-state index in [1.807, 2.05) is 6.07 Å². The standard InChI is InChI=1S/C16H14N4O3/c1-16(2,13-7-10(8-17)5-6-19-13)14(21)12-4-3-11(9-20-12)23-15(18)22/h3-7,9H,1-2H3,(H2,18,22). The van der Waals surface area contributed by atoms with Gasteiger partial charge < -0.3 is 10.5 Å². The SMILES string of the molecule is CC(C)(C(=O)c1ccc(OC(N)=O)cn1)c1cc(C#N)ccn1. The summed E-state index contributed by atoms with van der Waals surface area (Å²) in [6.45, 7) is 3.41. The van der Waals surface area contributed by atoms with E-state index in [-0.39, 0.29) is 17.2 Å². The first kappa shape index (κ1) is 16.1. The smallest absolute Gasteiger partial charge is 0.409 e. The molecule has 0 atom stereocenters. The fraction of sp³-hybridized carbons (Fsp3) is 0.188. The molecule has 2 rings (SSSR count). The Hall–Kier alpha value is -3.27. The zero-order valence-electron chi connectivity index (χ0n) is 12.6. The minimum atomic E-state index is -0.966. The number of rotatable bonds is 4. The van der Waals surface area contributed by atoms with Gasteiger partial charge in [-0.2, -0.15) is 5.26 Å². The normalized spacial score (nSPS) is 10.7. The summed E-state index contributed by atoms with van der Waals surface area (Å²) < 4.78 is 4.67. The van der Waals surface area contributed by atoms with Crippen molar-refractivity contribution < 1.29 is 14.3 Å². The number of aromatic nitrogens is 2. The molecular formula is C16H14N4O3. The average Bonchev–Trinajstić information content (AvgIpc) is 2.54. The summed E-state index contributed by atoms with van der Waals surface area (Å²) in [5.41, 5.74) is 5.03. The Bertz CT molecular complexity index is 792. The van der Waals surface area contributed by atoms with E-state index in [4.69, 9.17) is 11.0 Å². The van der Waals surface area contributed by atoms with Crippen molar-refractivity contribution in [1.29, 1.82) is 5.26 Å². The second-order valence-electron chi connectivity index (χ2n) is 5.30. The van der Waals surface area contributed by atoms with Gasteiger partial charge in [-0.15, -0.1) is 0 Å². The van der Waals surface area contributed by atoms with Gasteiger partial charge in [0.15, 0.2) is 11.5 Å². The molecule has 0 saturated carbocycles. The molecule has 2 aromatic heterocycles. The predicted octanol–water partition coefficient (Wildman–Crippen LogP) is 1.97. The Kier molecular flexibility index (Phi) is 4.37. The van der Waals surface area contributed by atoms with Crippen LogP contribution in [0.2, 0.25) is 0 Å². The quantitative estimate of drug-likeness (QED) is 0.862. The lowest BCUT2D eigenvalue weighted by atomic mass is 9.82. The van der Waals surface area contributed by atoms with E-state index in [0.29, 0.717) is 11.3 Å². The number of hydrogen-bond donors (Lipinski definition) is 1. The molecule has 2 heterocycles. The molecule has 0 unspecified atom stereocenters. The molecule has 0 fully saturated rings. The number of nitrogens with zero attached hydrogens (tertiary/aromatic N) is 3. The molecule has 2 N–H and O–H groups in total. The molecule has 116 valence electrons. The van der Waals surface area contributed by atoms with E-state index >= 15 is 0 Å². The number of nitrogens with two attached hydrogens (primary N) is 1. The second-order valence-corrected chi connectivity index (χ2v) is 5.30.